The van der Waals surface area contributed by atoms with Gasteiger partial charge < -0.3 is 26.1 Å². The molecule has 0 aromatic rings. The Morgan fingerprint density at radius 2 is 1.86 bits per heavy atom. The number of hydrogen-bond donors (Lipinski definition) is 4. The SMILES string of the molecule is N[C@H](CCCCP(=O)(O)O)C(=O)O.O. The van der Waals surface area contributed by atoms with Gasteiger partial charge in [-0.25, -0.2) is 0 Å². The molecule has 0 saturated carbocycles. The van der Waals surface area contributed by atoms with E-state index in [0.29, 0.717) is 12.8 Å². The number of carboxylic acids is 1. The maximum absolute atomic E-state index is 10.4. The largest absolute Gasteiger partial charge is 0.480 e. The molecule has 0 spiro atoms. The summed E-state index contributed by atoms with van der Waals surface area (Å²) in [5, 5.41) is 8.36. The number of hydrogen-bond acceptors (Lipinski definition) is 3. The standard InChI is InChI=1S/C6H14NO5P.H2O/c7-5(6(8)9)3-1-2-4-13(10,11)12;/h5H,1-4,7H2,(H,8,9)(H2,10,11,12);1H2/t5-;/m1./s1. The highest BCUT2D eigenvalue weighted by Gasteiger charge is 2.14. The van der Waals surface area contributed by atoms with E-state index in [1.54, 1.807) is 0 Å². The second kappa shape index (κ2) is 6.92. The Bertz CT molecular complexity index is 214. The van der Waals surface area contributed by atoms with E-state index in [1.165, 1.54) is 0 Å². The van der Waals surface area contributed by atoms with Crippen molar-refractivity contribution in [2.45, 2.75) is 25.3 Å². The van der Waals surface area contributed by atoms with Crippen LogP contribution in [0.4, 0.5) is 0 Å². The van der Waals surface area contributed by atoms with Crippen LogP contribution in [0.3, 0.4) is 0 Å². The zero-order valence-corrected chi connectivity index (χ0v) is 8.48. The maximum atomic E-state index is 10.4. The van der Waals surface area contributed by atoms with Crippen molar-refractivity contribution >= 4 is 13.6 Å². The smallest absolute Gasteiger partial charge is 0.325 e. The third-order valence-corrected chi connectivity index (χ3v) is 2.43. The first-order valence-corrected chi connectivity index (χ1v) is 5.65. The lowest BCUT2D eigenvalue weighted by Gasteiger charge is -2.06. The summed E-state index contributed by atoms with van der Waals surface area (Å²) in [7, 11) is -3.94. The Kier molecular flexibility index (Phi) is 7.90. The lowest BCUT2D eigenvalue weighted by molar-refractivity contribution is -0.138. The summed E-state index contributed by atoms with van der Waals surface area (Å²) in [6.45, 7) is 0. The monoisotopic (exact) mass is 229 g/mol. The Balaban J connectivity index is 0. The Hall–Kier alpha value is -0.460. The van der Waals surface area contributed by atoms with Crippen LogP contribution in [0.2, 0.25) is 0 Å². The number of carboxylic acid groups (broad SMARTS) is 1. The van der Waals surface area contributed by atoms with Gasteiger partial charge in [-0.1, -0.05) is 6.42 Å². The van der Waals surface area contributed by atoms with Crippen LogP contribution in [-0.4, -0.2) is 38.5 Å². The number of rotatable bonds is 6. The average Bonchev–Trinajstić information content (AvgIpc) is 1.95. The third-order valence-electron chi connectivity index (χ3n) is 1.53. The fourth-order valence-electron chi connectivity index (χ4n) is 0.806. The molecular weight excluding hydrogens is 213 g/mol. The lowest BCUT2D eigenvalue weighted by atomic mass is 10.1. The molecule has 0 aromatic heterocycles. The molecule has 7 N–H and O–H groups in total. The van der Waals surface area contributed by atoms with Gasteiger partial charge in [0.2, 0.25) is 0 Å². The van der Waals surface area contributed by atoms with E-state index in [-0.39, 0.29) is 18.1 Å². The van der Waals surface area contributed by atoms with E-state index >= 15 is 0 Å². The van der Waals surface area contributed by atoms with Gasteiger partial charge in [0.05, 0.1) is 0 Å². The maximum Gasteiger partial charge on any atom is 0.325 e. The minimum Gasteiger partial charge on any atom is -0.480 e. The molecule has 0 aromatic carbocycles. The molecule has 0 aliphatic rings. The molecule has 0 saturated heterocycles. The molecule has 0 radical (unpaired) electrons. The van der Waals surface area contributed by atoms with Crippen molar-refractivity contribution in [3.63, 3.8) is 0 Å². The predicted molar refractivity (Wildman–Crippen MR) is 50.0 cm³/mol. The molecule has 0 fully saturated rings. The van der Waals surface area contributed by atoms with Gasteiger partial charge in [0.25, 0.3) is 0 Å². The van der Waals surface area contributed by atoms with E-state index in [2.05, 4.69) is 0 Å². The van der Waals surface area contributed by atoms with Crippen molar-refractivity contribution in [1.29, 1.82) is 0 Å². The molecule has 0 amide bonds. The predicted octanol–water partition coefficient (Wildman–Crippen LogP) is -1.08. The molecule has 14 heavy (non-hydrogen) atoms. The van der Waals surface area contributed by atoms with Gasteiger partial charge in [-0.3, -0.25) is 9.36 Å². The molecule has 0 rings (SSSR count). The fourth-order valence-corrected chi connectivity index (χ4v) is 1.44. The first kappa shape index (κ1) is 16.0. The van der Waals surface area contributed by atoms with Crippen molar-refractivity contribution in [1.82, 2.24) is 0 Å². The zero-order chi connectivity index (χ0) is 10.5. The summed E-state index contributed by atoms with van der Waals surface area (Å²) in [6.07, 6.45) is 0.749. The van der Waals surface area contributed by atoms with Crippen LogP contribution in [0.1, 0.15) is 19.3 Å². The van der Waals surface area contributed by atoms with Gasteiger partial charge in [-0.15, -0.1) is 0 Å². The molecule has 7 nitrogen and oxygen atoms in total. The summed E-state index contributed by atoms with van der Waals surface area (Å²) in [5.74, 6) is -1.09. The van der Waals surface area contributed by atoms with Crippen LogP contribution in [-0.2, 0) is 9.36 Å². The van der Waals surface area contributed by atoms with Gasteiger partial charge in [0.15, 0.2) is 0 Å². The number of carbonyl (C=O) groups is 1. The lowest BCUT2D eigenvalue weighted by Crippen LogP contribution is -2.29. The molecule has 0 unspecified atom stereocenters. The zero-order valence-electron chi connectivity index (χ0n) is 7.59. The molecular formula is C6H16NO6P. The normalized spacial score (nSPS) is 13.1. The molecule has 8 heteroatoms. The van der Waals surface area contributed by atoms with E-state index in [0.717, 1.165) is 0 Å². The quantitative estimate of drug-likeness (QED) is 0.335. The number of nitrogens with two attached hydrogens (primary N) is 1. The van der Waals surface area contributed by atoms with Crippen molar-refractivity contribution < 1.29 is 29.7 Å². The van der Waals surface area contributed by atoms with Crippen LogP contribution in [0, 0.1) is 0 Å². The summed E-state index contributed by atoms with van der Waals surface area (Å²) in [6, 6.07) is -0.934. The highest BCUT2D eigenvalue weighted by molar-refractivity contribution is 7.51. The fraction of sp³-hybridized carbons (Fsp3) is 0.833. The van der Waals surface area contributed by atoms with Crippen LogP contribution in [0.5, 0.6) is 0 Å². The van der Waals surface area contributed by atoms with Gasteiger partial charge in [0, 0.05) is 6.16 Å². The van der Waals surface area contributed by atoms with Gasteiger partial charge >= 0.3 is 13.6 Å². The molecule has 0 heterocycles. The van der Waals surface area contributed by atoms with Crippen LogP contribution in [0.25, 0.3) is 0 Å². The molecule has 86 valence electrons. The van der Waals surface area contributed by atoms with Crippen molar-refractivity contribution in [2.75, 3.05) is 6.16 Å². The Morgan fingerprint density at radius 1 is 1.36 bits per heavy atom. The van der Waals surface area contributed by atoms with E-state index in [4.69, 9.17) is 20.6 Å². The topological polar surface area (TPSA) is 152 Å². The van der Waals surface area contributed by atoms with Crippen molar-refractivity contribution in [2.24, 2.45) is 5.73 Å². The highest BCUT2D eigenvalue weighted by Crippen LogP contribution is 2.35. The Labute approximate surface area is 81.4 Å². The van der Waals surface area contributed by atoms with E-state index in [1.807, 2.05) is 0 Å². The van der Waals surface area contributed by atoms with Crippen LogP contribution >= 0.6 is 7.60 Å². The molecule has 0 bridgehead atoms. The summed E-state index contributed by atoms with van der Waals surface area (Å²) in [4.78, 5) is 27.1. The molecule has 0 aliphatic carbocycles. The van der Waals surface area contributed by atoms with E-state index < -0.39 is 19.6 Å². The first-order chi connectivity index (χ1) is 5.83. The summed E-state index contributed by atoms with van der Waals surface area (Å²) >= 11 is 0. The highest BCUT2D eigenvalue weighted by atomic mass is 31.2. The second-order valence-electron chi connectivity index (χ2n) is 2.83. The number of aliphatic carboxylic acids is 1. The van der Waals surface area contributed by atoms with Crippen LogP contribution < -0.4 is 5.73 Å². The second-order valence-corrected chi connectivity index (χ2v) is 4.61. The third kappa shape index (κ3) is 9.63. The van der Waals surface area contributed by atoms with Crippen molar-refractivity contribution in [3.8, 4) is 0 Å². The van der Waals surface area contributed by atoms with Gasteiger partial charge in [-0.05, 0) is 12.8 Å². The van der Waals surface area contributed by atoms with Gasteiger partial charge in [0.1, 0.15) is 6.04 Å². The summed E-state index contributed by atoms with van der Waals surface area (Å²) < 4.78 is 10.4. The average molecular weight is 229 g/mol. The van der Waals surface area contributed by atoms with E-state index in [9.17, 15) is 9.36 Å². The molecule has 1 atom stereocenters. The number of unbranched alkanes of at least 4 members (excludes halogenated alkanes) is 1. The minimum absolute atomic E-state index is 0. The Morgan fingerprint density at radius 3 is 2.21 bits per heavy atom. The van der Waals surface area contributed by atoms with Crippen molar-refractivity contribution in [3.05, 3.63) is 0 Å². The summed E-state index contributed by atoms with van der Waals surface area (Å²) in [5.41, 5.74) is 5.17. The first-order valence-electron chi connectivity index (χ1n) is 3.86. The minimum atomic E-state index is -3.94. The molecule has 0 aliphatic heterocycles. The van der Waals surface area contributed by atoms with Crippen LogP contribution in [0.15, 0.2) is 0 Å². The van der Waals surface area contributed by atoms with Gasteiger partial charge in [-0.2, -0.15) is 0 Å².